The molecule has 0 unspecified atom stereocenters. The molecule has 1 aromatic carbocycles. The number of benzene rings is 1. The summed E-state index contributed by atoms with van der Waals surface area (Å²) in [6.07, 6.45) is 1.97. The van der Waals surface area contributed by atoms with Gasteiger partial charge in [-0.15, -0.1) is 12.6 Å². The Morgan fingerprint density at radius 1 is 1.44 bits per heavy atom. The minimum absolute atomic E-state index is 0.0252. The normalized spacial score (nSPS) is 16.6. The average Bonchev–Trinajstić information content (AvgIpc) is 2.41. The molecule has 0 spiro atoms. The van der Waals surface area contributed by atoms with Gasteiger partial charge in [0.15, 0.2) is 0 Å². The molecular formula is C13H17ClN2OS. The molecule has 98 valence electrons. The highest BCUT2D eigenvalue weighted by Gasteiger charge is 2.24. The highest BCUT2D eigenvalue weighted by Crippen LogP contribution is 2.22. The Morgan fingerprint density at radius 3 is 2.78 bits per heavy atom. The van der Waals surface area contributed by atoms with Crippen LogP contribution in [-0.4, -0.2) is 37.0 Å². The number of nitrogens with zero attached hydrogens (tertiary/aromatic N) is 1. The van der Waals surface area contributed by atoms with E-state index in [-0.39, 0.29) is 5.91 Å². The van der Waals surface area contributed by atoms with Gasteiger partial charge in [-0.05, 0) is 44.1 Å². The fourth-order valence-electron chi connectivity index (χ4n) is 2.23. The number of nitrogens with one attached hydrogen (secondary N) is 1. The Balaban J connectivity index is 2.16. The van der Waals surface area contributed by atoms with Gasteiger partial charge in [-0.1, -0.05) is 11.6 Å². The second kappa shape index (κ2) is 5.95. The van der Waals surface area contributed by atoms with Gasteiger partial charge in [-0.3, -0.25) is 4.79 Å². The SMILES string of the molecule is CN(C(=O)c1cc(S)ccc1Cl)C1CCNCC1. The summed E-state index contributed by atoms with van der Waals surface area (Å²) in [7, 11) is 1.85. The van der Waals surface area contributed by atoms with Crippen molar-refractivity contribution in [1.29, 1.82) is 0 Å². The van der Waals surface area contributed by atoms with E-state index in [9.17, 15) is 4.79 Å². The summed E-state index contributed by atoms with van der Waals surface area (Å²) in [6.45, 7) is 1.92. The number of hydrogen-bond donors (Lipinski definition) is 2. The maximum Gasteiger partial charge on any atom is 0.255 e. The Kier molecular flexibility index (Phi) is 4.54. The predicted octanol–water partition coefficient (Wildman–Crippen LogP) is 2.45. The van der Waals surface area contributed by atoms with Crippen molar-refractivity contribution in [2.75, 3.05) is 20.1 Å². The summed E-state index contributed by atoms with van der Waals surface area (Å²) in [5.74, 6) is -0.0252. The number of amides is 1. The van der Waals surface area contributed by atoms with Crippen molar-refractivity contribution in [2.24, 2.45) is 0 Å². The van der Waals surface area contributed by atoms with Crippen molar-refractivity contribution in [3.8, 4) is 0 Å². The molecule has 0 bridgehead atoms. The maximum atomic E-state index is 12.4. The Morgan fingerprint density at radius 2 is 2.11 bits per heavy atom. The van der Waals surface area contributed by atoms with Crippen LogP contribution in [-0.2, 0) is 0 Å². The van der Waals surface area contributed by atoms with Crippen molar-refractivity contribution in [3.05, 3.63) is 28.8 Å². The van der Waals surface area contributed by atoms with Crippen molar-refractivity contribution in [1.82, 2.24) is 10.2 Å². The monoisotopic (exact) mass is 284 g/mol. The zero-order valence-corrected chi connectivity index (χ0v) is 12.0. The van der Waals surface area contributed by atoms with E-state index in [2.05, 4.69) is 17.9 Å². The molecule has 3 nitrogen and oxygen atoms in total. The topological polar surface area (TPSA) is 32.3 Å². The van der Waals surface area contributed by atoms with Gasteiger partial charge in [0, 0.05) is 18.0 Å². The van der Waals surface area contributed by atoms with Gasteiger partial charge < -0.3 is 10.2 Å². The van der Waals surface area contributed by atoms with E-state index in [4.69, 9.17) is 11.6 Å². The minimum atomic E-state index is -0.0252. The zero-order chi connectivity index (χ0) is 13.1. The average molecular weight is 285 g/mol. The van der Waals surface area contributed by atoms with Gasteiger partial charge in [0.05, 0.1) is 10.6 Å². The van der Waals surface area contributed by atoms with E-state index in [1.807, 2.05) is 7.05 Å². The van der Waals surface area contributed by atoms with Crippen LogP contribution in [0.25, 0.3) is 0 Å². The van der Waals surface area contributed by atoms with E-state index in [0.29, 0.717) is 16.6 Å². The molecule has 1 aromatic rings. The van der Waals surface area contributed by atoms with Crippen LogP contribution < -0.4 is 5.32 Å². The van der Waals surface area contributed by atoms with Gasteiger partial charge >= 0.3 is 0 Å². The molecular weight excluding hydrogens is 268 g/mol. The third-order valence-electron chi connectivity index (χ3n) is 3.36. The van der Waals surface area contributed by atoms with Crippen LogP contribution in [0.3, 0.4) is 0 Å². The third-order valence-corrected chi connectivity index (χ3v) is 3.96. The summed E-state index contributed by atoms with van der Waals surface area (Å²) in [4.78, 5) is 15.0. The van der Waals surface area contributed by atoms with Gasteiger partial charge in [0.2, 0.25) is 0 Å². The van der Waals surface area contributed by atoms with E-state index in [1.54, 1.807) is 23.1 Å². The van der Waals surface area contributed by atoms with E-state index < -0.39 is 0 Å². The molecule has 1 N–H and O–H groups in total. The lowest BCUT2D eigenvalue weighted by molar-refractivity contribution is 0.0703. The summed E-state index contributed by atoms with van der Waals surface area (Å²) in [5, 5.41) is 3.78. The molecule has 0 atom stereocenters. The van der Waals surface area contributed by atoms with Crippen LogP contribution in [0.1, 0.15) is 23.2 Å². The lowest BCUT2D eigenvalue weighted by atomic mass is 10.0. The van der Waals surface area contributed by atoms with E-state index in [0.717, 1.165) is 30.8 Å². The van der Waals surface area contributed by atoms with Crippen molar-refractivity contribution < 1.29 is 4.79 Å². The van der Waals surface area contributed by atoms with Gasteiger partial charge in [-0.25, -0.2) is 0 Å². The van der Waals surface area contributed by atoms with Crippen molar-refractivity contribution in [3.63, 3.8) is 0 Å². The second-order valence-electron chi connectivity index (χ2n) is 4.56. The quantitative estimate of drug-likeness (QED) is 0.818. The fourth-order valence-corrected chi connectivity index (χ4v) is 2.63. The first-order chi connectivity index (χ1) is 8.59. The zero-order valence-electron chi connectivity index (χ0n) is 10.3. The summed E-state index contributed by atoms with van der Waals surface area (Å²) in [6, 6.07) is 5.52. The highest BCUT2D eigenvalue weighted by atomic mass is 35.5. The van der Waals surface area contributed by atoms with E-state index >= 15 is 0 Å². The fraction of sp³-hybridized carbons (Fsp3) is 0.462. The first kappa shape index (κ1) is 13.7. The lowest BCUT2D eigenvalue weighted by Crippen LogP contribution is -2.44. The minimum Gasteiger partial charge on any atom is -0.339 e. The Bertz CT molecular complexity index is 447. The Labute approximate surface area is 118 Å². The van der Waals surface area contributed by atoms with Crippen LogP contribution >= 0.6 is 24.2 Å². The molecule has 1 saturated heterocycles. The molecule has 0 aromatic heterocycles. The van der Waals surface area contributed by atoms with Crippen LogP contribution in [0, 0.1) is 0 Å². The molecule has 0 saturated carbocycles. The smallest absolute Gasteiger partial charge is 0.255 e. The summed E-state index contributed by atoms with van der Waals surface area (Å²) < 4.78 is 0. The number of rotatable bonds is 2. The largest absolute Gasteiger partial charge is 0.339 e. The van der Waals surface area contributed by atoms with Crippen LogP contribution in [0.2, 0.25) is 5.02 Å². The summed E-state index contributed by atoms with van der Waals surface area (Å²) >= 11 is 10.3. The van der Waals surface area contributed by atoms with E-state index in [1.165, 1.54) is 0 Å². The van der Waals surface area contributed by atoms with Crippen molar-refractivity contribution >= 4 is 30.1 Å². The first-order valence-electron chi connectivity index (χ1n) is 6.06. The van der Waals surface area contributed by atoms with Crippen LogP contribution in [0.5, 0.6) is 0 Å². The molecule has 5 heteroatoms. The summed E-state index contributed by atoms with van der Waals surface area (Å²) in [5.41, 5.74) is 0.533. The number of carbonyl (C=O) groups is 1. The molecule has 1 amide bonds. The molecule has 2 rings (SSSR count). The lowest BCUT2D eigenvalue weighted by Gasteiger charge is -2.32. The highest BCUT2D eigenvalue weighted by molar-refractivity contribution is 7.80. The maximum absolute atomic E-state index is 12.4. The molecule has 0 aliphatic carbocycles. The number of hydrogen-bond acceptors (Lipinski definition) is 3. The number of piperidine rings is 1. The van der Waals surface area contributed by atoms with Gasteiger partial charge in [0.25, 0.3) is 5.91 Å². The third kappa shape index (κ3) is 2.99. The molecule has 18 heavy (non-hydrogen) atoms. The predicted molar refractivity (Wildman–Crippen MR) is 76.7 cm³/mol. The number of halogens is 1. The van der Waals surface area contributed by atoms with Gasteiger partial charge in [0.1, 0.15) is 0 Å². The number of carbonyl (C=O) groups excluding carboxylic acids is 1. The van der Waals surface area contributed by atoms with Crippen LogP contribution in [0.4, 0.5) is 0 Å². The molecule has 1 heterocycles. The second-order valence-corrected chi connectivity index (χ2v) is 5.48. The number of thiol groups is 1. The first-order valence-corrected chi connectivity index (χ1v) is 6.88. The molecule has 1 fully saturated rings. The standard InChI is InChI=1S/C13H17ClN2OS/c1-16(9-4-6-15-7-5-9)13(17)11-8-10(18)2-3-12(11)14/h2-3,8-9,15,18H,4-7H2,1H3. The molecule has 1 aliphatic heterocycles. The Hall–Kier alpha value is -0.710. The molecule has 0 radical (unpaired) electrons. The van der Waals surface area contributed by atoms with Gasteiger partial charge in [-0.2, -0.15) is 0 Å². The van der Waals surface area contributed by atoms with Crippen LogP contribution in [0.15, 0.2) is 23.1 Å². The molecule has 1 aliphatic rings. The van der Waals surface area contributed by atoms with Crippen molar-refractivity contribution in [2.45, 2.75) is 23.8 Å².